The van der Waals surface area contributed by atoms with Gasteiger partial charge in [0.25, 0.3) is 0 Å². The molecular formula is C16H24N10S7. The van der Waals surface area contributed by atoms with E-state index in [1.807, 2.05) is 15.1 Å². The van der Waals surface area contributed by atoms with Gasteiger partial charge in [-0.3, -0.25) is 0 Å². The fraction of sp³-hybridized carbons (Fsp3) is 0.375. The summed E-state index contributed by atoms with van der Waals surface area (Å²) in [6, 6.07) is 0. The molecule has 180 valence electrons. The molecule has 0 spiro atoms. The molecule has 0 saturated carbocycles. The molecule has 2 rings (SSSR count). The molecule has 2 aromatic rings. The fourth-order valence-corrected chi connectivity index (χ4v) is 5.47. The summed E-state index contributed by atoms with van der Waals surface area (Å²) in [6.45, 7) is 1.33. The second-order valence-electron chi connectivity index (χ2n) is 5.65. The Bertz CT molecular complexity index is 821. The Hall–Kier alpha value is -1.59. The fourth-order valence-electron chi connectivity index (χ4n) is 2.07. The molecule has 10 N–H and O–H groups in total. The Balaban J connectivity index is 0.00000172. The van der Waals surface area contributed by atoms with Crippen molar-refractivity contribution in [3.63, 3.8) is 0 Å². The third-order valence-electron chi connectivity index (χ3n) is 3.27. The molecule has 0 saturated heterocycles. The highest BCUT2D eigenvalue weighted by atomic mass is 32.2. The molecule has 0 aliphatic heterocycles. The molecule has 2 atom stereocenters. The number of nitrogens with one attached hydrogen (secondary N) is 2. The van der Waals surface area contributed by atoms with Crippen LogP contribution in [0, 0.1) is 0 Å². The van der Waals surface area contributed by atoms with Crippen LogP contribution in [0.4, 0.5) is 0 Å². The van der Waals surface area contributed by atoms with Crippen LogP contribution in [0.25, 0.3) is 0 Å². The van der Waals surface area contributed by atoms with Crippen molar-refractivity contribution < 1.29 is 0 Å². The van der Waals surface area contributed by atoms with Gasteiger partial charge in [-0.25, -0.2) is 20.0 Å². The van der Waals surface area contributed by atoms with Gasteiger partial charge in [0.15, 0.2) is 17.0 Å². The molecule has 2 heterocycles. The van der Waals surface area contributed by atoms with Crippen LogP contribution in [0.1, 0.15) is 22.1 Å². The Kier molecular flexibility index (Phi) is 15.9. The predicted octanol–water partition coefficient (Wildman–Crippen LogP) is 1.79. The van der Waals surface area contributed by atoms with Crippen molar-refractivity contribution in [3.8, 4) is 0 Å². The van der Waals surface area contributed by atoms with E-state index in [2.05, 4.69) is 55.0 Å². The van der Waals surface area contributed by atoms with E-state index >= 15 is 0 Å². The van der Waals surface area contributed by atoms with Gasteiger partial charge in [0.2, 0.25) is 0 Å². The number of thiocarbonyl (C=S) groups is 3. The van der Waals surface area contributed by atoms with Gasteiger partial charge < -0.3 is 33.6 Å². The van der Waals surface area contributed by atoms with Crippen LogP contribution in [0.2, 0.25) is 0 Å². The van der Waals surface area contributed by atoms with Crippen molar-refractivity contribution in [1.82, 2.24) is 20.6 Å². The molecule has 17 heteroatoms. The summed E-state index contributed by atoms with van der Waals surface area (Å²) in [6.07, 6.45) is 0. The molecule has 0 aliphatic carbocycles. The third-order valence-corrected chi connectivity index (χ3v) is 6.97. The smallest absolute Gasteiger partial charge is 0.187 e. The van der Waals surface area contributed by atoms with Crippen molar-refractivity contribution in [1.29, 1.82) is 0 Å². The normalized spacial score (nSPS) is 11.6. The minimum atomic E-state index is -0.223. The van der Waals surface area contributed by atoms with Crippen molar-refractivity contribution in [2.75, 3.05) is 24.6 Å². The summed E-state index contributed by atoms with van der Waals surface area (Å²) in [7, 11) is 0. The number of thiazole rings is 2. The highest BCUT2D eigenvalue weighted by molar-refractivity contribution is 7.99. The lowest BCUT2D eigenvalue weighted by Gasteiger charge is -2.14. The first-order valence-electron chi connectivity index (χ1n) is 9.05. The lowest BCUT2D eigenvalue weighted by molar-refractivity contribution is 0.883. The average molecular weight is 581 g/mol. The van der Waals surface area contributed by atoms with Gasteiger partial charge in [-0.05, 0) is 36.7 Å². The number of hydrogen-bond acceptors (Lipinski definition) is 11. The van der Waals surface area contributed by atoms with Crippen LogP contribution in [-0.2, 0) is 0 Å². The number of rotatable bonds is 12. The van der Waals surface area contributed by atoms with Crippen LogP contribution >= 0.6 is 82.9 Å². The van der Waals surface area contributed by atoms with E-state index in [4.69, 9.17) is 35.2 Å². The molecule has 0 radical (unpaired) electrons. The number of hydrogen-bond donors (Lipinski definition) is 6. The topological polar surface area (TPSA) is 179 Å². The van der Waals surface area contributed by atoms with Crippen molar-refractivity contribution in [2.45, 2.75) is 10.7 Å². The number of nitrogens with two attached hydrogens (primary N) is 4. The van der Waals surface area contributed by atoms with E-state index in [1.165, 1.54) is 22.7 Å². The molecule has 0 amide bonds. The number of aromatic nitrogens is 2. The van der Waals surface area contributed by atoms with Crippen LogP contribution in [-0.4, -0.2) is 55.9 Å². The average Bonchev–Trinajstić information content (AvgIpc) is 3.47. The number of guanidine groups is 2. The molecule has 33 heavy (non-hydrogen) atoms. The molecular weight excluding hydrogens is 557 g/mol. The largest absolute Gasteiger partial charge is 0.370 e. The molecule has 0 bridgehead atoms. The van der Waals surface area contributed by atoms with Gasteiger partial charge in [0.05, 0.1) is 22.4 Å². The summed E-state index contributed by atoms with van der Waals surface area (Å²) < 4.78 is 1.92. The SMILES string of the molecule is NC(N)=NC(SCCNC(=S)NCCSC(N=C(N)N)c1cscn1)c1cscn1.S=C=S. The zero-order chi connectivity index (χ0) is 24.5. The summed E-state index contributed by atoms with van der Waals surface area (Å²) in [5, 5.41) is 10.3. The van der Waals surface area contributed by atoms with Crippen molar-refractivity contribution in [3.05, 3.63) is 33.2 Å². The second kappa shape index (κ2) is 17.8. The van der Waals surface area contributed by atoms with E-state index in [9.17, 15) is 0 Å². The maximum Gasteiger partial charge on any atom is 0.187 e. The lowest BCUT2D eigenvalue weighted by atomic mass is 10.5. The van der Waals surface area contributed by atoms with Crippen LogP contribution < -0.4 is 33.6 Å². The monoisotopic (exact) mass is 580 g/mol. The Labute approximate surface area is 224 Å². The van der Waals surface area contributed by atoms with Crippen LogP contribution in [0.3, 0.4) is 0 Å². The minimum absolute atomic E-state index is 0.0415. The Morgan fingerprint density at radius 2 is 1.30 bits per heavy atom. The standard InChI is InChI=1S/C15H24N10S5.CS2/c16-13(17)24-11(9-5-27-7-22-9)29-3-1-20-15(26)21-2-4-30-12(25-14(18)19)10-6-28-8-23-10;2-1-3/h5-8,11-12H,1-4H2,(H4,16,17,24)(H4,18,19,25)(H2,20,21,26);. The van der Waals surface area contributed by atoms with Crippen LogP contribution in [0.15, 0.2) is 31.8 Å². The molecule has 0 fully saturated rings. The first-order valence-corrected chi connectivity index (χ1v) is 14.3. The third kappa shape index (κ3) is 13.6. The zero-order valence-corrected chi connectivity index (χ0v) is 23.0. The lowest BCUT2D eigenvalue weighted by Crippen LogP contribution is -2.37. The van der Waals surface area contributed by atoms with Gasteiger partial charge in [-0.2, -0.15) is 0 Å². The molecule has 0 aliphatic rings. The number of thioether (sulfide) groups is 2. The van der Waals surface area contributed by atoms with Crippen LogP contribution in [0.5, 0.6) is 0 Å². The summed E-state index contributed by atoms with van der Waals surface area (Å²) in [5.41, 5.74) is 27.3. The summed E-state index contributed by atoms with van der Waals surface area (Å²) in [5.74, 6) is 1.59. The number of nitrogens with zero attached hydrogens (tertiary/aromatic N) is 4. The highest BCUT2D eigenvalue weighted by Crippen LogP contribution is 2.30. The minimum Gasteiger partial charge on any atom is -0.370 e. The molecule has 2 unspecified atom stereocenters. The molecule has 0 aromatic carbocycles. The van der Waals surface area contributed by atoms with Gasteiger partial charge in [0.1, 0.15) is 10.7 Å². The van der Waals surface area contributed by atoms with E-state index in [0.717, 1.165) is 22.9 Å². The molecule has 10 nitrogen and oxygen atoms in total. The maximum atomic E-state index is 5.52. The first kappa shape index (κ1) is 29.4. The first-order chi connectivity index (χ1) is 15.9. The van der Waals surface area contributed by atoms with Gasteiger partial charge in [-0.15, -0.1) is 46.2 Å². The second-order valence-corrected chi connectivity index (χ2v) is 10.5. The Morgan fingerprint density at radius 1 is 0.909 bits per heavy atom. The van der Waals surface area contributed by atoms with Gasteiger partial charge in [-0.1, -0.05) is 0 Å². The van der Waals surface area contributed by atoms with Gasteiger partial charge >= 0.3 is 0 Å². The molecule has 2 aromatic heterocycles. The number of aliphatic imine (C=N–C) groups is 2. The van der Waals surface area contributed by atoms with Crippen molar-refractivity contribution in [2.24, 2.45) is 32.9 Å². The van der Waals surface area contributed by atoms with Crippen molar-refractivity contribution >= 4 is 104 Å². The van der Waals surface area contributed by atoms with E-state index < -0.39 is 0 Å². The predicted molar refractivity (Wildman–Crippen MR) is 155 cm³/mol. The maximum absolute atomic E-state index is 5.52. The zero-order valence-electron chi connectivity index (χ0n) is 17.2. The Morgan fingerprint density at radius 3 is 1.61 bits per heavy atom. The highest BCUT2D eigenvalue weighted by Gasteiger charge is 2.14. The van der Waals surface area contributed by atoms with Gasteiger partial charge in [0, 0.05) is 39.7 Å². The quantitative estimate of drug-likeness (QED) is 0.0927. The van der Waals surface area contributed by atoms with E-state index in [-0.39, 0.29) is 22.7 Å². The van der Waals surface area contributed by atoms with E-state index in [0.29, 0.717) is 18.2 Å². The summed E-state index contributed by atoms with van der Waals surface area (Å²) >= 11 is 19.4. The van der Waals surface area contributed by atoms with E-state index in [1.54, 1.807) is 34.5 Å². The summed E-state index contributed by atoms with van der Waals surface area (Å²) in [4.78, 5) is 17.0.